The van der Waals surface area contributed by atoms with E-state index >= 15 is 0 Å². The van der Waals surface area contributed by atoms with Crippen molar-refractivity contribution in [3.8, 4) is 0 Å². The van der Waals surface area contributed by atoms with Crippen molar-refractivity contribution in [2.75, 3.05) is 23.3 Å². The predicted octanol–water partition coefficient (Wildman–Crippen LogP) is 1.67. The summed E-state index contributed by atoms with van der Waals surface area (Å²) in [7, 11) is 0. The molecule has 25 heavy (non-hydrogen) atoms. The summed E-state index contributed by atoms with van der Waals surface area (Å²) < 4.78 is 0. The van der Waals surface area contributed by atoms with E-state index in [1.54, 1.807) is 0 Å². The Labute approximate surface area is 146 Å². The Morgan fingerprint density at radius 3 is 3.08 bits per heavy atom. The molecule has 1 saturated heterocycles. The van der Waals surface area contributed by atoms with Gasteiger partial charge >= 0.3 is 6.03 Å². The Hall–Kier alpha value is -2.71. The van der Waals surface area contributed by atoms with Crippen LogP contribution in [0, 0.1) is 0 Å². The van der Waals surface area contributed by atoms with E-state index in [0.717, 1.165) is 30.8 Å². The van der Waals surface area contributed by atoms with Gasteiger partial charge in [0, 0.05) is 30.9 Å². The number of carbonyl (C=O) groups excluding carboxylic acids is 1. The number of urea groups is 1. The van der Waals surface area contributed by atoms with Crippen LogP contribution in [0.15, 0.2) is 18.3 Å². The summed E-state index contributed by atoms with van der Waals surface area (Å²) in [6, 6.07) is 4.16. The maximum absolute atomic E-state index is 12.8. The molecule has 9 heteroatoms. The second-order valence-corrected chi connectivity index (χ2v) is 6.81. The molecule has 2 aromatic rings. The van der Waals surface area contributed by atoms with Crippen molar-refractivity contribution in [1.29, 1.82) is 0 Å². The van der Waals surface area contributed by atoms with Crippen LogP contribution >= 0.6 is 0 Å². The summed E-state index contributed by atoms with van der Waals surface area (Å²) in [5, 5.41) is 14.8. The second kappa shape index (κ2) is 6.30. The van der Waals surface area contributed by atoms with E-state index in [1.807, 2.05) is 37.1 Å². The molecule has 2 aliphatic rings. The molecule has 0 bridgehead atoms. The summed E-state index contributed by atoms with van der Waals surface area (Å²) in [5.74, 6) is 1.24. The quantitative estimate of drug-likeness (QED) is 0.892. The summed E-state index contributed by atoms with van der Waals surface area (Å²) in [6.07, 6.45) is 4.01. The van der Waals surface area contributed by atoms with Gasteiger partial charge in [-0.25, -0.2) is 9.78 Å². The third-order valence-corrected chi connectivity index (χ3v) is 4.71. The molecule has 4 rings (SSSR count). The van der Waals surface area contributed by atoms with Gasteiger partial charge in [0.25, 0.3) is 5.95 Å². The fourth-order valence-corrected chi connectivity index (χ4v) is 3.46. The fourth-order valence-electron chi connectivity index (χ4n) is 3.46. The molecule has 0 radical (unpaired) electrons. The number of hydrogen-bond donors (Lipinski definition) is 1. The number of pyridine rings is 1. The predicted molar refractivity (Wildman–Crippen MR) is 92.2 cm³/mol. The number of hydrogen-bond acceptors (Lipinski definition) is 6. The van der Waals surface area contributed by atoms with Crippen LogP contribution in [-0.2, 0) is 6.54 Å². The van der Waals surface area contributed by atoms with E-state index in [0.29, 0.717) is 19.1 Å². The Morgan fingerprint density at radius 2 is 2.28 bits per heavy atom. The van der Waals surface area contributed by atoms with Crippen molar-refractivity contribution in [2.45, 2.75) is 45.3 Å². The maximum atomic E-state index is 12.8. The second-order valence-electron chi connectivity index (χ2n) is 6.81. The van der Waals surface area contributed by atoms with Crippen LogP contribution in [0.1, 0.15) is 38.3 Å². The van der Waals surface area contributed by atoms with Crippen molar-refractivity contribution in [3.05, 3.63) is 23.9 Å². The smallest absolute Gasteiger partial charge is 0.324 e. The monoisotopic (exact) mass is 342 g/mol. The normalized spacial score (nSPS) is 19.6. The van der Waals surface area contributed by atoms with Gasteiger partial charge in [0.1, 0.15) is 5.82 Å². The molecule has 0 unspecified atom stereocenters. The number of rotatable bonds is 2. The Bertz CT molecular complexity index is 773. The zero-order valence-corrected chi connectivity index (χ0v) is 14.5. The van der Waals surface area contributed by atoms with Gasteiger partial charge in [-0.05, 0) is 38.0 Å². The van der Waals surface area contributed by atoms with Crippen LogP contribution in [0.2, 0.25) is 0 Å². The average Bonchev–Trinajstić information content (AvgIpc) is 3.21. The molecular weight excluding hydrogens is 320 g/mol. The minimum atomic E-state index is -0.202. The number of nitrogens with one attached hydrogen (secondary N) is 1. The summed E-state index contributed by atoms with van der Waals surface area (Å²) in [6.45, 7) is 6.11. The van der Waals surface area contributed by atoms with Crippen LogP contribution in [-0.4, -0.2) is 55.3 Å². The number of amides is 2. The average molecular weight is 342 g/mol. The lowest BCUT2D eigenvalue weighted by Crippen LogP contribution is -2.42. The first-order chi connectivity index (χ1) is 12.1. The number of tetrazole rings is 1. The molecule has 1 atom stereocenters. The van der Waals surface area contributed by atoms with Gasteiger partial charge < -0.3 is 9.80 Å². The number of nitrogens with zero attached hydrogens (tertiary/aromatic N) is 7. The van der Waals surface area contributed by atoms with Crippen LogP contribution in [0.3, 0.4) is 0 Å². The van der Waals surface area contributed by atoms with Crippen LogP contribution in [0.5, 0.6) is 0 Å². The van der Waals surface area contributed by atoms with Gasteiger partial charge in [0.2, 0.25) is 0 Å². The Kier molecular flexibility index (Phi) is 3.98. The molecule has 2 aliphatic heterocycles. The lowest BCUT2D eigenvalue weighted by atomic mass is 10.2. The van der Waals surface area contributed by atoms with E-state index in [2.05, 4.69) is 30.6 Å². The molecule has 0 aliphatic carbocycles. The van der Waals surface area contributed by atoms with Crippen LogP contribution < -0.4 is 10.2 Å². The molecule has 2 aromatic heterocycles. The summed E-state index contributed by atoms with van der Waals surface area (Å²) in [5.41, 5.74) is 1.07. The molecule has 9 nitrogen and oxygen atoms in total. The number of aromatic nitrogens is 5. The maximum Gasteiger partial charge on any atom is 0.324 e. The van der Waals surface area contributed by atoms with Crippen molar-refractivity contribution in [1.82, 2.24) is 30.1 Å². The number of anilines is 2. The first kappa shape index (κ1) is 15.8. The minimum absolute atomic E-state index is 0.0985. The lowest BCUT2D eigenvalue weighted by molar-refractivity contribution is 0.207. The largest absolute Gasteiger partial charge is 0.352 e. The third-order valence-electron chi connectivity index (χ3n) is 4.71. The van der Waals surface area contributed by atoms with Gasteiger partial charge in [-0.15, -0.1) is 5.10 Å². The fraction of sp³-hybridized carbons (Fsp3) is 0.562. The summed E-state index contributed by atoms with van der Waals surface area (Å²) >= 11 is 0. The SMILES string of the molecule is CC(C)n1nnc(NC(=O)N2Cc3cccnc3N3CCC[C@@H]3C2)n1. The lowest BCUT2D eigenvalue weighted by Gasteiger charge is -2.26. The highest BCUT2D eigenvalue weighted by molar-refractivity contribution is 5.87. The van der Waals surface area contributed by atoms with Crippen LogP contribution in [0.25, 0.3) is 0 Å². The van der Waals surface area contributed by atoms with E-state index in [-0.39, 0.29) is 18.0 Å². The molecule has 1 N–H and O–H groups in total. The molecule has 2 amide bonds. The van der Waals surface area contributed by atoms with E-state index in [4.69, 9.17) is 0 Å². The first-order valence-corrected chi connectivity index (χ1v) is 8.68. The first-order valence-electron chi connectivity index (χ1n) is 8.68. The Balaban J connectivity index is 1.54. The highest BCUT2D eigenvalue weighted by atomic mass is 16.2. The molecule has 4 heterocycles. The zero-order chi connectivity index (χ0) is 17.4. The van der Waals surface area contributed by atoms with Gasteiger partial charge in [-0.1, -0.05) is 11.2 Å². The number of carbonyl (C=O) groups is 1. The molecule has 0 saturated carbocycles. The van der Waals surface area contributed by atoms with Gasteiger partial charge in [0.05, 0.1) is 12.6 Å². The number of fused-ring (bicyclic) bond motifs is 3. The standard InChI is InChI=1S/C16H22N8O/c1-11(2)24-20-15(19-21-24)18-16(25)22-9-12-5-3-7-17-14(12)23-8-4-6-13(23)10-22/h3,5,7,11,13H,4,6,8-10H2,1-2H3,(H,18,20,25)/t13-/m1/s1. The third kappa shape index (κ3) is 3.01. The van der Waals surface area contributed by atoms with Gasteiger partial charge in [-0.2, -0.15) is 4.80 Å². The van der Waals surface area contributed by atoms with Crippen molar-refractivity contribution < 1.29 is 4.79 Å². The zero-order valence-electron chi connectivity index (χ0n) is 14.5. The van der Waals surface area contributed by atoms with E-state index < -0.39 is 0 Å². The molecular formula is C16H22N8O. The van der Waals surface area contributed by atoms with E-state index in [9.17, 15) is 4.79 Å². The molecule has 132 valence electrons. The molecule has 0 spiro atoms. The van der Waals surface area contributed by atoms with Gasteiger partial charge in [-0.3, -0.25) is 5.32 Å². The topological polar surface area (TPSA) is 92.1 Å². The molecule has 0 aromatic carbocycles. The van der Waals surface area contributed by atoms with Crippen molar-refractivity contribution in [3.63, 3.8) is 0 Å². The summed E-state index contributed by atoms with van der Waals surface area (Å²) in [4.78, 5) is 22.9. The van der Waals surface area contributed by atoms with E-state index in [1.165, 1.54) is 4.80 Å². The Morgan fingerprint density at radius 1 is 1.40 bits per heavy atom. The highest BCUT2D eigenvalue weighted by Crippen LogP contribution is 2.31. The highest BCUT2D eigenvalue weighted by Gasteiger charge is 2.34. The van der Waals surface area contributed by atoms with Crippen LogP contribution in [0.4, 0.5) is 16.6 Å². The van der Waals surface area contributed by atoms with Crippen molar-refractivity contribution >= 4 is 17.8 Å². The molecule has 1 fully saturated rings. The minimum Gasteiger partial charge on any atom is -0.352 e. The van der Waals surface area contributed by atoms with Gasteiger partial charge in [0.15, 0.2) is 0 Å². The van der Waals surface area contributed by atoms with Crippen molar-refractivity contribution in [2.24, 2.45) is 0 Å².